The maximum Gasteiger partial charge on any atom is 0.229 e. The van der Waals surface area contributed by atoms with Gasteiger partial charge in [0.1, 0.15) is 11.5 Å². The normalized spacial score (nSPS) is 15.9. The van der Waals surface area contributed by atoms with E-state index < -0.39 is 0 Å². The van der Waals surface area contributed by atoms with E-state index in [1.54, 1.807) is 26.0 Å². The summed E-state index contributed by atoms with van der Waals surface area (Å²) < 4.78 is 17.3. The van der Waals surface area contributed by atoms with Crippen LogP contribution in [0.25, 0.3) is 10.2 Å². The molecule has 0 bridgehead atoms. The van der Waals surface area contributed by atoms with Gasteiger partial charge in [0.15, 0.2) is 5.13 Å². The van der Waals surface area contributed by atoms with Crippen LogP contribution in [0.15, 0.2) is 47.4 Å². The van der Waals surface area contributed by atoms with Crippen molar-refractivity contribution in [3.05, 3.63) is 42.5 Å². The van der Waals surface area contributed by atoms with Crippen LogP contribution in [-0.2, 0) is 9.53 Å². The molecule has 0 saturated carbocycles. The third kappa shape index (κ3) is 5.50. The predicted octanol–water partition coefficient (Wildman–Crippen LogP) is 5.01. The summed E-state index contributed by atoms with van der Waals surface area (Å²) in [6, 6.07) is 13.7. The van der Waals surface area contributed by atoms with Gasteiger partial charge in [0.25, 0.3) is 0 Å². The molecular weight excluding hydrogens is 432 g/mol. The SMILES string of the molecule is COc1ccc(SCCC(=O)N(CC2CCCO2)c2nc3ccc(OC)cc3s2)cc1. The number of thioether (sulfide) groups is 1. The van der Waals surface area contributed by atoms with Crippen molar-refractivity contribution in [2.75, 3.05) is 38.0 Å². The first-order valence-corrected chi connectivity index (χ1v) is 12.1. The molecule has 6 nitrogen and oxygen atoms in total. The van der Waals surface area contributed by atoms with E-state index in [2.05, 4.69) is 0 Å². The van der Waals surface area contributed by atoms with Crippen molar-refractivity contribution in [1.82, 2.24) is 4.98 Å². The van der Waals surface area contributed by atoms with Gasteiger partial charge in [-0.25, -0.2) is 4.98 Å². The van der Waals surface area contributed by atoms with Crippen molar-refractivity contribution in [2.45, 2.75) is 30.3 Å². The molecule has 0 spiro atoms. The second kappa shape index (κ2) is 10.3. The Morgan fingerprint density at radius 2 is 1.97 bits per heavy atom. The van der Waals surface area contributed by atoms with Crippen molar-refractivity contribution in [3.8, 4) is 11.5 Å². The topological polar surface area (TPSA) is 60.9 Å². The van der Waals surface area contributed by atoms with E-state index in [1.165, 1.54) is 11.3 Å². The van der Waals surface area contributed by atoms with Gasteiger partial charge in [-0.1, -0.05) is 11.3 Å². The van der Waals surface area contributed by atoms with Crippen LogP contribution in [0.1, 0.15) is 19.3 Å². The molecule has 1 saturated heterocycles. The Labute approximate surface area is 190 Å². The Morgan fingerprint density at radius 1 is 1.19 bits per heavy atom. The Hall–Kier alpha value is -2.29. The zero-order valence-electron chi connectivity index (χ0n) is 17.7. The minimum absolute atomic E-state index is 0.0692. The fourth-order valence-electron chi connectivity index (χ4n) is 3.48. The highest BCUT2D eigenvalue weighted by Gasteiger charge is 2.26. The average molecular weight is 459 g/mol. The Morgan fingerprint density at radius 3 is 2.68 bits per heavy atom. The number of amides is 1. The number of rotatable bonds is 9. The van der Waals surface area contributed by atoms with E-state index in [1.807, 2.05) is 47.4 Å². The Kier molecular flexibility index (Phi) is 7.32. The van der Waals surface area contributed by atoms with Crippen LogP contribution in [0.2, 0.25) is 0 Å². The van der Waals surface area contributed by atoms with E-state index in [-0.39, 0.29) is 12.0 Å². The van der Waals surface area contributed by atoms with E-state index in [4.69, 9.17) is 19.2 Å². The number of hydrogen-bond donors (Lipinski definition) is 0. The maximum absolute atomic E-state index is 13.2. The van der Waals surface area contributed by atoms with E-state index in [0.717, 1.165) is 51.2 Å². The first-order valence-electron chi connectivity index (χ1n) is 10.3. The van der Waals surface area contributed by atoms with Gasteiger partial charge in [0.05, 0.1) is 37.1 Å². The fourth-order valence-corrected chi connectivity index (χ4v) is 5.34. The van der Waals surface area contributed by atoms with E-state index in [9.17, 15) is 4.79 Å². The smallest absolute Gasteiger partial charge is 0.229 e. The Balaban J connectivity index is 1.46. The molecular formula is C23H26N2O4S2. The zero-order valence-corrected chi connectivity index (χ0v) is 19.3. The quantitative estimate of drug-likeness (QED) is 0.420. The number of anilines is 1. The highest BCUT2D eigenvalue weighted by Crippen LogP contribution is 2.33. The van der Waals surface area contributed by atoms with Crippen LogP contribution >= 0.6 is 23.1 Å². The second-order valence-corrected chi connectivity index (χ2v) is 9.42. The van der Waals surface area contributed by atoms with Gasteiger partial charge < -0.3 is 14.2 Å². The fraction of sp³-hybridized carbons (Fsp3) is 0.391. The van der Waals surface area contributed by atoms with Crippen LogP contribution in [-0.4, -0.2) is 50.1 Å². The van der Waals surface area contributed by atoms with Gasteiger partial charge in [-0.3, -0.25) is 9.69 Å². The highest BCUT2D eigenvalue weighted by molar-refractivity contribution is 7.99. The first-order chi connectivity index (χ1) is 15.2. The number of aromatic nitrogens is 1. The molecule has 164 valence electrons. The molecule has 2 aromatic carbocycles. The van der Waals surface area contributed by atoms with Crippen molar-refractivity contribution in [1.29, 1.82) is 0 Å². The molecule has 0 radical (unpaired) electrons. The molecule has 1 fully saturated rings. The van der Waals surface area contributed by atoms with Crippen LogP contribution < -0.4 is 14.4 Å². The molecule has 3 aromatic rings. The molecule has 1 aliphatic rings. The summed E-state index contributed by atoms with van der Waals surface area (Å²) in [5, 5.41) is 0.721. The molecule has 1 atom stereocenters. The minimum atomic E-state index is 0.0692. The predicted molar refractivity (Wildman–Crippen MR) is 126 cm³/mol. The van der Waals surface area contributed by atoms with Crippen LogP contribution in [0.5, 0.6) is 11.5 Å². The van der Waals surface area contributed by atoms with Crippen LogP contribution in [0.3, 0.4) is 0 Å². The van der Waals surface area contributed by atoms with E-state index >= 15 is 0 Å². The molecule has 1 unspecified atom stereocenters. The van der Waals surface area contributed by atoms with Crippen LogP contribution in [0.4, 0.5) is 5.13 Å². The number of thiazole rings is 1. The molecule has 0 aliphatic carbocycles. The summed E-state index contributed by atoms with van der Waals surface area (Å²) in [6.07, 6.45) is 2.52. The lowest BCUT2D eigenvalue weighted by Gasteiger charge is -2.23. The van der Waals surface area contributed by atoms with E-state index in [0.29, 0.717) is 18.7 Å². The van der Waals surface area contributed by atoms with Crippen molar-refractivity contribution in [2.24, 2.45) is 0 Å². The van der Waals surface area contributed by atoms with Gasteiger partial charge in [-0.15, -0.1) is 11.8 Å². The summed E-state index contributed by atoms with van der Waals surface area (Å²) in [7, 11) is 3.30. The zero-order chi connectivity index (χ0) is 21.6. The number of carbonyl (C=O) groups is 1. The lowest BCUT2D eigenvalue weighted by molar-refractivity contribution is -0.118. The molecule has 1 aliphatic heterocycles. The second-order valence-electron chi connectivity index (χ2n) is 7.24. The molecule has 2 heterocycles. The molecule has 31 heavy (non-hydrogen) atoms. The largest absolute Gasteiger partial charge is 0.497 e. The number of hydrogen-bond acceptors (Lipinski definition) is 7. The third-order valence-corrected chi connectivity index (χ3v) is 7.23. The summed E-state index contributed by atoms with van der Waals surface area (Å²) in [5.74, 6) is 2.39. The highest BCUT2D eigenvalue weighted by atomic mass is 32.2. The van der Waals surface area contributed by atoms with Crippen LogP contribution in [0, 0.1) is 0 Å². The van der Waals surface area contributed by atoms with Gasteiger partial charge in [-0.05, 0) is 55.3 Å². The Bertz CT molecular complexity index is 1020. The van der Waals surface area contributed by atoms with Gasteiger partial charge in [0.2, 0.25) is 5.91 Å². The molecule has 4 rings (SSSR count). The summed E-state index contributed by atoms with van der Waals surface area (Å²) >= 11 is 3.18. The van der Waals surface area contributed by atoms with Crippen molar-refractivity contribution >= 4 is 44.4 Å². The summed E-state index contributed by atoms with van der Waals surface area (Å²) in [4.78, 5) is 20.9. The molecule has 1 aromatic heterocycles. The number of nitrogens with zero attached hydrogens (tertiary/aromatic N) is 2. The first kappa shape index (κ1) is 21.9. The van der Waals surface area contributed by atoms with Crippen molar-refractivity contribution in [3.63, 3.8) is 0 Å². The number of methoxy groups -OCH3 is 2. The lowest BCUT2D eigenvalue weighted by Crippen LogP contribution is -2.37. The maximum atomic E-state index is 13.2. The number of benzene rings is 2. The third-order valence-electron chi connectivity index (χ3n) is 5.17. The van der Waals surface area contributed by atoms with Crippen molar-refractivity contribution < 1.29 is 19.0 Å². The lowest BCUT2D eigenvalue weighted by atomic mass is 10.2. The summed E-state index contributed by atoms with van der Waals surface area (Å²) in [6.45, 7) is 1.31. The van der Waals surface area contributed by atoms with Gasteiger partial charge >= 0.3 is 0 Å². The van der Waals surface area contributed by atoms with Gasteiger partial charge in [-0.2, -0.15) is 0 Å². The molecule has 1 amide bonds. The average Bonchev–Trinajstić information content (AvgIpc) is 3.46. The molecule has 8 heteroatoms. The minimum Gasteiger partial charge on any atom is -0.497 e. The monoisotopic (exact) mass is 458 g/mol. The molecule has 0 N–H and O–H groups in total. The summed E-state index contributed by atoms with van der Waals surface area (Å²) in [5.41, 5.74) is 0.874. The standard InChI is InChI=1S/C23H26N2O4S2/c1-27-16-5-8-19(9-6-16)30-13-11-22(26)25(15-18-4-3-12-29-18)23-24-20-10-7-17(28-2)14-21(20)31-23/h5-10,14,18H,3-4,11-13,15H2,1-2H3. The number of fused-ring (bicyclic) bond motifs is 1. The number of carbonyl (C=O) groups excluding carboxylic acids is 1. The van der Waals surface area contributed by atoms with Gasteiger partial charge in [0, 0.05) is 23.7 Å². The number of ether oxygens (including phenoxy) is 3.